The Balaban J connectivity index is 1.82. The van der Waals surface area contributed by atoms with Crippen LogP contribution in [0.3, 0.4) is 0 Å². The first-order chi connectivity index (χ1) is 13.7. The van der Waals surface area contributed by atoms with Crippen LogP contribution in [0.15, 0.2) is 78.1 Å². The normalized spacial score (nSPS) is 10.6. The number of methoxy groups -OCH3 is 1. The van der Waals surface area contributed by atoms with E-state index in [2.05, 4.69) is 15.2 Å². The highest BCUT2D eigenvalue weighted by Gasteiger charge is 2.15. The fraction of sp³-hybridized carbons (Fsp3) is 0.0500. The van der Waals surface area contributed by atoms with Gasteiger partial charge in [-0.2, -0.15) is 10.2 Å². The van der Waals surface area contributed by atoms with Crippen molar-refractivity contribution in [3.05, 3.63) is 89.1 Å². The molecule has 3 heterocycles. The van der Waals surface area contributed by atoms with Crippen molar-refractivity contribution in [1.82, 2.24) is 24.5 Å². The summed E-state index contributed by atoms with van der Waals surface area (Å²) in [6.07, 6.45) is 6.47. The summed E-state index contributed by atoms with van der Waals surface area (Å²) in [6, 6.07) is 13.5. The van der Waals surface area contributed by atoms with Crippen LogP contribution in [0.4, 0.5) is 0 Å². The van der Waals surface area contributed by atoms with Crippen molar-refractivity contribution < 1.29 is 9.53 Å². The van der Waals surface area contributed by atoms with Gasteiger partial charge < -0.3 is 4.74 Å². The van der Waals surface area contributed by atoms with Crippen LogP contribution in [0.25, 0.3) is 22.8 Å². The summed E-state index contributed by atoms with van der Waals surface area (Å²) >= 11 is 0. The van der Waals surface area contributed by atoms with Crippen LogP contribution in [0, 0.1) is 0 Å². The first kappa shape index (κ1) is 17.3. The summed E-state index contributed by atoms with van der Waals surface area (Å²) in [5, 5.41) is 8.77. The Labute approximate surface area is 159 Å². The van der Waals surface area contributed by atoms with Crippen LogP contribution in [0.5, 0.6) is 0 Å². The van der Waals surface area contributed by atoms with E-state index < -0.39 is 5.97 Å². The second-order valence-electron chi connectivity index (χ2n) is 5.85. The lowest BCUT2D eigenvalue weighted by molar-refractivity contribution is 0.0600. The van der Waals surface area contributed by atoms with Crippen LogP contribution < -0.4 is 5.43 Å². The van der Waals surface area contributed by atoms with E-state index in [-0.39, 0.29) is 11.1 Å². The van der Waals surface area contributed by atoms with E-state index in [0.29, 0.717) is 16.9 Å². The second-order valence-corrected chi connectivity index (χ2v) is 5.85. The Bertz CT molecular complexity index is 1200. The largest absolute Gasteiger partial charge is 0.465 e. The molecule has 8 heteroatoms. The van der Waals surface area contributed by atoms with Gasteiger partial charge in [-0.15, -0.1) is 0 Å². The molecule has 0 bridgehead atoms. The number of nitrogens with zero attached hydrogens (tertiary/aromatic N) is 5. The Morgan fingerprint density at radius 2 is 1.82 bits per heavy atom. The highest BCUT2D eigenvalue weighted by molar-refractivity contribution is 5.90. The number of pyridine rings is 1. The van der Waals surface area contributed by atoms with E-state index in [9.17, 15) is 9.59 Å². The molecule has 138 valence electrons. The molecule has 4 rings (SSSR count). The first-order valence-electron chi connectivity index (χ1n) is 8.41. The maximum atomic E-state index is 12.5. The van der Waals surface area contributed by atoms with E-state index in [1.54, 1.807) is 76.6 Å². The quantitative estimate of drug-likeness (QED) is 0.510. The number of carbonyl (C=O) groups is 1. The fourth-order valence-electron chi connectivity index (χ4n) is 2.80. The first-order valence-corrected chi connectivity index (χ1v) is 8.41. The number of hydrogen-bond donors (Lipinski definition) is 0. The molecule has 8 nitrogen and oxygen atoms in total. The zero-order valence-electron chi connectivity index (χ0n) is 14.9. The standard InChI is InChI=1S/C20H15N5O3/c1-28-20(27)14-3-2-4-16(13-14)25-17(7-11-22-25)19-18(26)8-12-24(23-19)15-5-9-21-10-6-15/h2-13H,1H3. The molecule has 0 amide bonds. The van der Waals surface area contributed by atoms with Gasteiger partial charge >= 0.3 is 5.97 Å². The van der Waals surface area contributed by atoms with E-state index in [4.69, 9.17) is 4.74 Å². The third kappa shape index (κ3) is 3.18. The van der Waals surface area contributed by atoms with Gasteiger partial charge in [0.05, 0.1) is 35.9 Å². The lowest BCUT2D eigenvalue weighted by Crippen LogP contribution is -2.15. The lowest BCUT2D eigenvalue weighted by atomic mass is 10.2. The maximum Gasteiger partial charge on any atom is 0.337 e. The number of carbonyl (C=O) groups excluding carboxylic acids is 1. The molecule has 0 aliphatic heterocycles. The van der Waals surface area contributed by atoms with Gasteiger partial charge in [-0.25, -0.2) is 14.2 Å². The molecular weight excluding hydrogens is 358 g/mol. The second kappa shape index (κ2) is 7.28. The van der Waals surface area contributed by atoms with Crippen molar-refractivity contribution in [3.8, 4) is 22.8 Å². The minimum absolute atomic E-state index is 0.236. The summed E-state index contributed by atoms with van der Waals surface area (Å²) in [7, 11) is 1.32. The third-order valence-electron chi connectivity index (χ3n) is 4.13. The molecule has 0 spiro atoms. The van der Waals surface area contributed by atoms with Crippen molar-refractivity contribution in [2.45, 2.75) is 0 Å². The summed E-state index contributed by atoms with van der Waals surface area (Å²) in [5.41, 5.74) is 2.28. The maximum absolute atomic E-state index is 12.5. The molecule has 3 aromatic heterocycles. The third-order valence-corrected chi connectivity index (χ3v) is 4.13. The Morgan fingerprint density at radius 1 is 1.00 bits per heavy atom. The predicted octanol–water partition coefficient (Wildman–Crippen LogP) is 2.27. The predicted molar refractivity (Wildman–Crippen MR) is 102 cm³/mol. The number of aromatic nitrogens is 5. The number of hydrogen-bond acceptors (Lipinski definition) is 6. The number of rotatable bonds is 4. The molecule has 0 aliphatic carbocycles. The number of ether oxygens (including phenoxy) is 1. The molecule has 28 heavy (non-hydrogen) atoms. The zero-order chi connectivity index (χ0) is 19.5. The van der Waals surface area contributed by atoms with E-state index in [1.165, 1.54) is 13.2 Å². The van der Waals surface area contributed by atoms with Gasteiger partial charge in [0.15, 0.2) is 5.69 Å². The summed E-state index contributed by atoms with van der Waals surface area (Å²) in [4.78, 5) is 28.3. The molecule has 0 fully saturated rings. The summed E-state index contributed by atoms with van der Waals surface area (Å²) in [5.74, 6) is -0.451. The molecule has 0 unspecified atom stereocenters. The Kier molecular flexibility index (Phi) is 4.51. The molecule has 0 radical (unpaired) electrons. The number of esters is 1. The lowest BCUT2D eigenvalue weighted by Gasteiger charge is -2.10. The van der Waals surface area contributed by atoms with Gasteiger partial charge in [-0.1, -0.05) is 6.07 Å². The minimum atomic E-state index is -0.451. The molecule has 0 saturated heterocycles. The van der Waals surface area contributed by atoms with Gasteiger partial charge in [0.2, 0.25) is 5.43 Å². The molecule has 0 atom stereocenters. The Hall–Kier alpha value is -4.07. The summed E-state index contributed by atoms with van der Waals surface area (Å²) < 4.78 is 7.93. The average molecular weight is 373 g/mol. The van der Waals surface area contributed by atoms with Gasteiger partial charge in [0.25, 0.3) is 0 Å². The van der Waals surface area contributed by atoms with Gasteiger partial charge in [0.1, 0.15) is 0 Å². The van der Waals surface area contributed by atoms with E-state index >= 15 is 0 Å². The van der Waals surface area contributed by atoms with Crippen LogP contribution in [0.1, 0.15) is 10.4 Å². The molecular formula is C20H15N5O3. The molecule has 1 aromatic carbocycles. The van der Waals surface area contributed by atoms with E-state index in [1.807, 2.05) is 0 Å². The van der Waals surface area contributed by atoms with Gasteiger partial charge in [-0.3, -0.25) is 9.78 Å². The average Bonchev–Trinajstić information content (AvgIpc) is 3.24. The molecule has 0 saturated carbocycles. The van der Waals surface area contributed by atoms with E-state index in [0.717, 1.165) is 5.69 Å². The van der Waals surface area contributed by atoms with Crippen molar-refractivity contribution in [2.24, 2.45) is 0 Å². The van der Waals surface area contributed by atoms with Crippen molar-refractivity contribution in [3.63, 3.8) is 0 Å². The van der Waals surface area contributed by atoms with Gasteiger partial charge in [-0.05, 0) is 36.4 Å². The summed E-state index contributed by atoms with van der Waals surface area (Å²) in [6.45, 7) is 0. The fourth-order valence-corrected chi connectivity index (χ4v) is 2.80. The van der Waals surface area contributed by atoms with Gasteiger partial charge in [0, 0.05) is 24.7 Å². The zero-order valence-corrected chi connectivity index (χ0v) is 14.9. The van der Waals surface area contributed by atoms with Crippen LogP contribution in [-0.2, 0) is 4.74 Å². The topological polar surface area (TPSA) is 91.9 Å². The highest BCUT2D eigenvalue weighted by Crippen LogP contribution is 2.19. The molecule has 0 aliphatic rings. The smallest absolute Gasteiger partial charge is 0.337 e. The monoisotopic (exact) mass is 373 g/mol. The highest BCUT2D eigenvalue weighted by atomic mass is 16.5. The van der Waals surface area contributed by atoms with Crippen LogP contribution in [0.2, 0.25) is 0 Å². The van der Waals surface area contributed by atoms with Crippen LogP contribution >= 0.6 is 0 Å². The van der Waals surface area contributed by atoms with Crippen molar-refractivity contribution in [2.75, 3.05) is 7.11 Å². The molecule has 4 aromatic rings. The minimum Gasteiger partial charge on any atom is -0.465 e. The van der Waals surface area contributed by atoms with Crippen molar-refractivity contribution >= 4 is 5.97 Å². The SMILES string of the molecule is COC(=O)c1cccc(-n2nccc2-c2nn(-c3ccncc3)ccc2=O)c1. The Morgan fingerprint density at radius 3 is 2.61 bits per heavy atom. The number of benzene rings is 1. The molecule has 0 N–H and O–H groups in total. The van der Waals surface area contributed by atoms with Crippen molar-refractivity contribution in [1.29, 1.82) is 0 Å². The van der Waals surface area contributed by atoms with Crippen LogP contribution in [-0.4, -0.2) is 37.6 Å².